The van der Waals surface area contributed by atoms with E-state index in [-0.39, 0.29) is 23.8 Å². The second-order valence-corrected chi connectivity index (χ2v) is 6.30. The van der Waals surface area contributed by atoms with Crippen molar-refractivity contribution in [3.63, 3.8) is 0 Å². The number of nitrogens with one attached hydrogen (secondary N) is 2. The van der Waals surface area contributed by atoms with E-state index in [4.69, 9.17) is 0 Å². The highest BCUT2D eigenvalue weighted by atomic mass is 19.1. The molecule has 26 heavy (non-hydrogen) atoms. The lowest BCUT2D eigenvalue weighted by molar-refractivity contribution is -0.128. The molecule has 7 heteroatoms. The Bertz CT molecular complexity index is 999. The Kier molecular flexibility index (Phi) is 3.91. The van der Waals surface area contributed by atoms with Gasteiger partial charge in [-0.05, 0) is 42.3 Å². The van der Waals surface area contributed by atoms with Crippen LogP contribution in [0.25, 0.3) is 11.0 Å². The van der Waals surface area contributed by atoms with Gasteiger partial charge in [-0.15, -0.1) is 0 Å². The summed E-state index contributed by atoms with van der Waals surface area (Å²) in [6.45, 7) is 5.90. The Hall–Kier alpha value is -3.22. The van der Waals surface area contributed by atoms with Gasteiger partial charge in [-0.25, -0.2) is 14.4 Å². The number of fused-ring (bicyclic) bond motifs is 2. The third kappa shape index (κ3) is 2.61. The lowest BCUT2D eigenvalue weighted by Gasteiger charge is -2.39. The number of carbonyl (C=O) groups excluding carboxylic acids is 1. The van der Waals surface area contributed by atoms with Crippen molar-refractivity contribution in [2.75, 3.05) is 11.9 Å². The van der Waals surface area contributed by atoms with Crippen LogP contribution in [-0.2, 0) is 4.79 Å². The molecule has 4 rings (SSSR count). The maximum Gasteiger partial charge on any atom is 0.246 e. The average molecular weight is 351 g/mol. The van der Waals surface area contributed by atoms with Crippen LogP contribution in [-0.4, -0.2) is 32.3 Å². The van der Waals surface area contributed by atoms with Crippen molar-refractivity contribution in [2.45, 2.75) is 19.0 Å². The van der Waals surface area contributed by atoms with Gasteiger partial charge in [-0.3, -0.25) is 4.79 Å². The predicted octanol–water partition coefficient (Wildman–Crippen LogP) is 3.34. The molecule has 0 saturated heterocycles. The van der Waals surface area contributed by atoms with Gasteiger partial charge < -0.3 is 15.2 Å². The fraction of sp³-hybridized carbons (Fsp3) is 0.211. The van der Waals surface area contributed by atoms with Crippen LogP contribution in [0.1, 0.15) is 30.1 Å². The lowest BCUT2D eigenvalue weighted by Crippen LogP contribution is -2.42. The van der Waals surface area contributed by atoms with Crippen LogP contribution in [0.15, 0.2) is 49.4 Å². The molecule has 3 aromatic rings. The first-order chi connectivity index (χ1) is 12.6. The smallest absolute Gasteiger partial charge is 0.246 e. The molecular weight excluding hydrogens is 333 g/mol. The molecule has 1 amide bonds. The largest absolute Gasteiger partial charge is 0.361 e. The second-order valence-electron chi connectivity index (χ2n) is 6.30. The van der Waals surface area contributed by atoms with Crippen LogP contribution in [0, 0.1) is 5.82 Å². The third-order valence-corrected chi connectivity index (χ3v) is 4.84. The highest BCUT2D eigenvalue weighted by Crippen LogP contribution is 2.37. The molecule has 1 aliphatic heterocycles. The molecule has 0 bridgehead atoms. The second kappa shape index (κ2) is 6.25. The van der Waals surface area contributed by atoms with Crippen molar-refractivity contribution in [1.82, 2.24) is 19.9 Å². The first-order valence-electron chi connectivity index (χ1n) is 8.35. The highest BCUT2D eigenvalue weighted by molar-refractivity contribution is 5.88. The molecule has 6 nitrogen and oxygen atoms in total. The molecule has 2 atom stereocenters. The number of aromatic amines is 1. The number of hydrogen-bond donors (Lipinski definition) is 2. The van der Waals surface area contributed by atoms with Crippen LogP contribution < -0.4 is 5.32 Å². The average Bonchev–Trinajstić information content (AvgIpc) is 3.13. The van der Waals surface area contributed by atoms with Crippen molar-refractivity contribution in [3.8, 4) is 0 Å². The number of hydrogen-bond acceptors (Lipinski definition) is 4. The maximum atomic E-state index is 13.8. The van der Waals surface area contributed by atoms with E-state index < -0.39 is 0 Å². The molecule has 132 valence electrons. The van der Waals surface area contributed by atoms with E-state index in [9.17, 15) is 9.18 Å². The Morgan fingerprint density at radius 1 is 1.38 bits per heavy atom. The van der Waals surface area contributed by atoms with Gasteiger partial charge in [0.2, 0.25) is 5.91 Å². The molecule has 1 aliphatic rings. The molecule has 0 unspecified atom stereocenters. The van der Waals surface area contributed by atoms with Crippen LogP contribution in [0.2, 0.25) is 0 Å². The monoisotopic (exact) mass is 351 g/mol. The summed E-state index contributed by atoms with van der Waals surface area (Å²) in [5.74, 6) is 0.156. The molecule has 1 aromatic carbocycles. The normalized spacial score (nSPS) is 19.2. The van der Waals surface area contributed by atoms with Crippen LogP contribution in [0.3, 0.4) is 0 Å². The number of nitrogens with zero attached hydrogens (tertiary/aromatic N) is 3. The number of carbonyl (C=O) groups is 1. The third-order valence-electron chi connectivity index (χ3n) is 4.84. The van der Waals surface area contributed by atoms with Gasteiger partial charge in [-0.2, -0.15) is 0 Å². The van der Waals surface area contributed by atoms with E-state index in [1.807, 2.05) is 13.0 Å². The molecule has 0 spiro atoms. The maximum absolute atomic E-state index is 13.8. The summed E-state index contributed by atoms with van der Waals surface area (Å²) in [5.41, 5.74) is 2.46. The zero-order chi connectivity index (χ0) is 18.3. The fourth-order valence-corrected chi connectivity index (χ4v) is 3.52. The van der Waals surface area contributed by atoms with Gasteiger partial charge in [0.05, 0.1) is 17.5 Å². The Labute approximate surface area is 149 Å². The van der Waals surface area contributed by atoms with Gasteiger partial charge in [0, 0.05) is 12.7 Å². The van der Waals surface area contributed by atoms with E-state index in [2.05, 4.69) is 26.8 Å². The summed E-state index contributed by atoms with van der Waals surface area (Å²) >= 11 is 0. The molecular formula is C19H18FN5O. The molecule has 3 heterocycles. The number of rotatable bonds is 3. The zero-order valence-electron chi connectivity index (χ0n) is 14.2. The standard InChI is InChI=1S/C19H18FN5O/c1-3-17(26)25-9-16(13-5-4-12(20)8-15(13)11(25)2)24-19-14-6-7-21-18(14)22-10-23-19/h3-8,10-11,16H,1,9H2,2H3,(H2,21,22,23,24)/t11-,16-/m1/s1. The quantitative estimate of drug-likeness (QED) is 0.710. The Morgan fingerprint density at radius 2 is 2.23 bits per heavy atom. The van der Waals surface area contributed by atoms with Gasteiger partial charge >= 0.3 is 0 Å². The number of halogens is 1. The summed E-state index contributed by atoms with van der Waals surface area (Å²) in [7, 11) is 0. The minimum Gasteiger partial charge on any atom is -0.361 e. The zero-order valence-corrected chi connectivity index (χ0v) is 14.2. The number of aromatic nitrogens is 3. The SMILES string of the molecule is C=CC(=O)N1C[C@@H](Nc2ncnc3[nH]ccc23)c2ccc(F)cc2[C@H]1C. The fourth-order valence-electron chi connectivity index (χ4n) is 3.52. The van der Waals surface area contributed by atoms with Crippen LogP contribution >= 0.6 is 0 Å². The number of amides is 1. The topological polar surface area (TPSA) is 73.9 Å². The lowest BCUT2D eigenvalue weighted by atomic mass is 9.89. The summed E-state index contributed by atoms with van der Waals surface area (Å²) in [5, 5.41) is 4.25. The molecule has 0 saturated carbocycles. The van der Waals surface area contributed by atoms with Crippen molar-refractivity contribution in [2.24, 2.45) is 0 Å². The number of anilines is 1. The van der Waals surface area contributed by atoms with Crippen molar-refractivity contribution < 1.29 is 9.18 Å². The van der Waals surface area contributed by atoms with Crippen LogP contribution in [0.4, 0.5) is 10.2 Å². The Morgan fingerprint density at radius 3 is 3.04 bits per heavy atom. The van der Waals surface area contributed by atoms with E-state index >= 15 is 0 Å². The van der Waals surface area contributed by atoms with E-state index in [0.29, 0.717) is 12.4 Å². The van der Waals surface area contributed by atoms with Crippen molar-refractivity contribution >= 4 is 22.8 Å². The minimum atomic E-state index is -0.322. The van der Waals surface area contributed by atoms with E-state index in [1.54, 1.807) is 17.2 Å². The minimum absolute atomic E-state index is 0.186. The molecule has 0 aliphatic carbocycles. The predicted molar refractivity (Wildman–Crippen MR) is 97.0 cm³/mol. The summed E-state index contributed by atoms with van der Waals surface area (Å²) < 4.78 is 13.8. The van der Waals surface area contributed by atoms with Crippen LogP contribution in [0.5, 0.6) is 0 Å². The molecule has 2 aromatic heterocycles. The summed E-state index contributed by atoms with van der Waals surface area (Å²) in [6.07, 6.45) is 4.56. The van der Waals surface area contributed by atoms with Gasteiger partial charge in [0.1, 0.15) is 23.6 Å². The first kappa shape index (κ1) is 16.3. The molecule has 2 N–H and O–H groups in total. The van der Waals surface area contributed by atoms with Gasteiger partial charge in [-0.1, -0.05) is 12.6 Å². The molecule has 0 fully saturated rings. The Balaban J connectivity index is 1.77. The molecule has 0 radical (unpaired) electrons. The first-order valence-corrected chi connectivity index (χ1v) is 8.35. The summed E-state index contributed by atoms with van der Waals surface area (Å²) in [6, 6.07) is 6.13. The van der Waals surface area contributed by atoms with E-state index in [1.165, 1.54) is 24.5 Å². The highest BCUT2D eigenvalue weighted by Gasteiger charge is 2.33. The van der Waals surface area contributed by atoms with E-state index in [0.717, 1.165) is 22.2 Å². The van der Waals surface area contributed by atoms with Crippen molar-refractivity contribution in [3.05, 3.63) is 66.4 Å². The van der Waals surface area contributed by atoms with Gasteiger partial charge in [0.15, 0.2) is 0 Å². The number of H-pyrrole nitrogens is 1. The summed E-state index contributed by atoms with van der Waals surface area (Å²) in [4.78, 5) is 25.5. The number of benzene rings is 1. The van der Waals surface area contributed by atoms with Gasteiger partial charge in [0.25, 0.3) is 0 Å². The van der Waals surface area contributed by atoms with Crippen molar-refractivity contribution in [1.29, 1.82) is 0 Å².